The summed E-state index contributed by atoms with van der Waals surface area (Å²) in [5, 5.41) is 10.3. The number of hydrogen-bond donors (Lipinski definition) is 1. The van der Waals surface area contributed by atoms with E-state index in [0.717, 1.165) is 54.8 Å². The molecule has 3 unspecified atom stereocenters. The van der Waals surface area contributed by atoms with Crippen LogP contribution in [0.1, 0.15) is 56.7 Å². The van der Waals surface area contributed by atoms with Crippen molar-refractivity contribution in [1.29, 1.82) is 0 Å². The summed E-state index contributed by atoms with van der Waals surface area (Å²) in [7, 11) is 0. The molecular formula is C24H32N6O2. The van der Waals surface area contributed by atoms with Gasteiger partial charge in [0.05, 0.1) is 28.7 Å². The van der Waals surface area contributed by atoms with Crippen LogP contribution in [0.4, 0.5) is 4.79 Å². The van der Waals surface area contributed by atoms with Crippen molar-refractivity contribution in [2.75, 3.05) is 32.7 Å². The lowest BCUT2D eigenvalue weighted by Gasteiger charge is -2.24. The van der Waals surface area contributed by atoms with Gasteiger partial charge in [-0.15, -0.1) is 0 Å². The highest BCUT2D eigenvalue weighted by molar-refractivity contribution is 5.80. The molecule has 3 aliphatic rings. The second-order valence-corrected chi connectivity index (χ2v) is 10.1. The maximum Gasteiger partial charge on any atom is 0.410 e. The van der Waals surface area contributed by atoms with Gasteiger partial charge in [-0.3, -0.25) is 9.99 Å². The summed E-state index contributed by atoms with van der Waals surface area (Å²) in [6, 6.07) is 6.64. The van der Waals surface area contributed by atoms with Gasteiger partial charge in [0.25, 0.3) is 0 Å². The van der Waals surface area contributed by atoms with Gasteiger partial charge in [0.2, 0.25) is 0 Å². The van der Waals surface area contributed by atoms with Crippen molar-refractivity contribution in [3.63, 3.8) is 0 Å². The number of hydrazone groups is 1. The number of fused-ring (bicyclic) bond motifs is 1. The SMILES string of the molecule is CC(C)(C)OC(=O)N1CCC(c2cccc3ncc(C4C=NN(C5CCNC5)C4)nc23)C1. The Kier molecular flexibility index (Phi) is 5.49. The highest BCUT2D eigenvalue weighted by atomic mass is 16.6. The number of carbonyl (C=O) groups excluding carboxylic acids is 1. The zero-order chi connectivity index (χ0) is 22.3. The van der Waals surface area contributed by atoms with Crippen LogP contribution in [0.15, 0.2) is 29.5 Å². The number of ether oxygens (including phenoxy) is 1. The first-order chi connectivity index (χ1) is 15.4. The number of amides is 1. The summed E-state index contributed by atoms with van der Waals surface area (Å²) < 4.78 is 5.57. The molecule has 2 fully saturated rings. The maximum absolute atomic E-state index is 12.5. The maximum atomic E-state index is 12.5. The molecule has 0 bridgehead atoms. The number of carbonyl (C=O) groups is 1. The Bertz CT molecular complexity index is 1030. The van der Waals surface area contributed by atoms with Crippen molar-refractivity contribution >= 4 is 23.3 Å². The van der Waals surface area contributed by atoms with Crippen LogP contribution in [0.5, 0.6) is 0 Å². The quantitative estimate of drug-likeness (QED) is 0.796. The molecule has 4 heterocycles. The number of aromatic nitrogens is 2. The smallest absolute Gasteiger partial charge is 0.410 e. The molecule has 3 aliphatic heterocycles. The van der Waals surface area contributed by atoms with Crippen LogP contribution in [-0.2, 0) is 4.74 Å². The summed E-state index contributed by atoms with van der Waals surface area (Å²) in [6.45, 7) is 9.95. The molecule has 0 aliphatic carbocycles. The fourth-order valence-electron chi connectivity index (χ4n) is 4.85. The standard InChI is InChI=1S/C24H32N6O2/c1-24(2,3)32-23(31)29-10-8-16(14-29)19-5-4-6-20-22(19)28-21(13-26-20)17-11-27-30(15-17)18-7-9-25-12-18/h4-6,11,13,16-18,25H,7-10,12,14-15H2,1-3H3. The molecule has 1 aromatic heterocycles. The molecule has 8 nitrogen and oxygen atoms in total. The van der Waals surface area contributed by atoms with E-state index in [1.165, 1.54) is 0 Å². The number of nitrogens with one attached hydrogen (secondary N) is 1. The van der Waals surface area contributed by atoms with Gasteiger partial charge in [-0.25, -0.2) is 9.78 Å². The number of para-hydroxylation sites is 1. The Labute approximate surface area is 189 Å². The number of benzene rings is 1. The van der Waals surface area contributed by atoms with E-state index in [2.05, 4.69) is 21.5 Å². The second kappa shape index (κ2) is 8.31. The van der Waals surface area contributed by atoms with Crippen molar-refractivity contribution in [3.8, 4) is 0 Å². The first-order valence-electron chi connectivity index (χ1n) is 11.6. The van der Waals surface area contributed by atoms with Gasteiger partial charge in [-0.1, -0.05) is 12.1 Å². The number of rotatable bonds is 3. The van der Waals surface area contributed by atoms with Crippen molar-refractivity contribution in [2.24, 2.45) is 5.10 Å². The molecule has 5 rings (SSSR count). The number of likely N-dealkylation sites (tertiary alicyclic amines) is 1. The molecule has 3 atom stereocenters. The highest BCUT2D eigenvalue weighted by Gasteiger charge is 2.32. The van der Waals surface area contributed by atoms with Crippen LogP contribution in [0.3, 0.4) is 0 Å². The topological polar surface area (TPSA) is 83.0 Å². The van der Waals surface area contributed by atoms with Gasteiger partial charge >= 0.3 is 6.09 Å². The van der Waals surface area contributed by atoms with Gasteiger partial charge in [0.15, 0.2) is 0 Å². The lowest BCUT2D eigenvalue weighted by atomic mass is 9.96. The van der Waals surface area contributed by atoms with E-state index in [0.29, 0.717) is 19.1 Å². The minimum atomic E-state index is -0.486. The molecule has 1 N–H and O–H groups in total. The van der Waals surface area contributed by atoms with Crippen LogP contribution in [0, 0.1) is 0 Å². The Morgan fingerprint density at radius 2 is 2.09 bits per heavy atom. The van der Waals surface area contributed by atoms with Gasteiger partial charge < -0.3 is 15.0 Å². The van der Waals surface area contributed by atoms with E-state index in [1.807, 2.05) is 50.2 Å². The van der Waals surface area contributed by atoms with E-state index >= 15 is 0 Å². The molecule has 1 aromatic carbocycles. The highest BCUT2D eigenvalue weighted by Crippen LogP contribution is 2.33. The lowest BCUT2D eigenvalue weighted by Crippen LogP contribution is -2.35. The van der Waals surface area contributed by atoms with Gasteiger partial charge in [-0.05, 0) is 51.8 Å². The zero-order valence-corrected chi connectivity index (χ0v) is 19.1. The van der Waals surface area contributed by atoms with Crippen molar-refractivity contribution in [2.45, 2.75) is 57.1 Å². The molecule has 1 amide bonds. The van der Waals surface area contributed by atoms with Crippen LogP contribution < -0.4 is 5.32 Å². The third-order valence-electron chi connectivity index (χ3n) is 6.52. The average molecular weight is 437 g/mol. The Balaban J connectivity index is 1.35. The average Bonchev–Trinajstić information content (AvgIpc) is 3.53. The summed E-state index contributed by atoms with van der Waals surface area (Å²) in [4.78, 5) is 24.1. The first kappa shape index (κ1) is 21.1. The Morgan fingerprint density at radius 1 is 1.22 bits per heavy atom. The third-order valence-corrected chi connectivity index (χ3v) is 6.52. The van der Waals surface area contributed by atoms with Crippen LogP contribution >= 0.6 is 0 Å². The lowest BCUT2D eigenvalue weighted by molar-refractivity contribution is 0.0292. The molecule has 32 heavy (non-hydrogen) atoms. The van der Waals surface area contributed by atoms with E-state index in [4.69, 9.17) is 14.7 Å². The first-order valence-corrected chi connectivity index (χ1v) is 11.6. The number of nitrogens with zero attached hydrogens (tertiary/aromatic N) is 5. The number of hydrogen-bond acceptors (Lipinski definition) is 7. The Hall–Kier alpha value is -2.74. The second-order valence-electron chi connectivity index (χ2n) is 10.1. The molecular weight excluding hydrogens is 404 g/mol. The van der Waals surface area contributed by atoms with E-state index in [1.54, 1.807) is 0 Å². The summed E-state index contributed by atoms with van der Waals surface area (Å²) >= 11 is 0. The minimum Gasteiger partial charge on any atom is -0.444 e. The fraction of sp³-hybridized carbons (Fsp3) is 0.583. The van der Waals surface area contributed by atoms with Crippen molar-refractivity contribution in [3.05, 3.63) is 35.7 Å². The van der Waals surface area contributed by atoms with Gasteiger partial charge in [0.1, 0.15) is 5.60 Å². The molecule has 2 saturated heterocycles. The van der Waals surface area contributed by atoms with Gasteiger partial charge in [-0.2, -0.15) is 5.10 Å². The summed E-state index contributed by atoms with van der Waals surface area (Å²) in [5.74, 6) is 0.386. The zero-order valence-electron chi connectivity index (χ0n) is 19.1. The normalized spacial score (nSPS) is 25.8. The molecule has 0 saturated carbocycles. The molecule has 0 spiro atoms. The molecule has 2 aromatic rings. The third kappa shape index (κ3) is 4.28. The van der Waals surface area contributed by atoms with Crippen LogP contribution in [0.25, 0.3) is 11.0 Å². The van der Waals surface area contributed by atoms with Crippen LogP contribution in [0.2, 0.25) is 0 Å². The monoisotopic (exact) mass is 436 g/mol. The summed E-state index contributed by atoms with van der Waals surface area (Å²) in [5.41, 5.74) is 3.48. The summed E-state index contributed by atoms with van der Waals surface area (Å²) in [6.07, 6.45) is 5.69. The Morgan fingerprint density at radius 3 is 2.88 bits per heavy atom. The fourth-order valence-corrected chi connectivity index (χ4v) is 4.85. The molecule has 0 radical (unpaired) electrons. The van der Waals surface area contributed by atoms with E-state index in [-0.39, 0.29) is 17.9 Å². The predicted molar refractivity (Wildman–Crippen MR) is 124 cm³/mol. The predicted octanol–water partition coefficient (Wildman–Crippen LogP) is 3.10. The minimum absolute atomic E-state index is 0.155. The van der Waals surface area contributed by atoms with Crippen molar-refractivity contribution < 1.29 is 9.53 Å². The van der Waals surface area contributed by atoms with E-state index < -0.39 is 5.60 Å². The largest absolute Gasteiger partial charge is 0.444 e. The van der Waals surface area contributed by atoms with Crippen molar-refractivity contribution in [1.82, 2.24) is 25.2 Å². The molecule has 8 heteroatoms. The van der Waals surface area contributed by atoms with Gasteiger partial charge in [0, 0.05) is 44.5 Å². The van der Waals surface area contributed by atoms with E-state index in [9.17, 15) is 4.79 Å². The van der Waals surface area contributed by atoms with Crippen LogP contribution in [-0.4, -0.2) is 76.6 Å². The molecule has 170 valence electrons.